The summed E-state index contributed by atoms with van der Waals surface area (Å²) in [5, 5.41) is 5.04. The normalized spacial score (nSPS) is 11.4. The van der Waals surface area contributed by atoms with E-state index in [4.69, 9.17) is 0 Å². The van der Waals surface area contributed by atoms with Gasteiger partial charge in [-0.3, -0.25) is 5.43 Å². The number of fused-ring (bicyclic) bond motifs is 1. The van der Waals surface area contributed by atoms with Gasteiger partial charge < -0.3 is 0 Å². The molecule has 0 unspecified atom stereocenters. The lowest BCUT2D eigenvalue weighted by Crippen LogP contribution is -1.91. The van der Waals surface area contributed by atoms with Crippen LogP contribution in [0.15, 0.2) is 50.4 Å². The molecule has 3 rings (SSSR count). The highest BCUT2D eigenvalue weighted by molar-refractivity contribution is 9.11. The molecule has 3 nitrogen and oxygen atoms in total. The summed E-state index contributed by atoms with van der Waals surface area (Å²) in [6, 6.07) is 12.1. The van der Waals surface area contributed by atoms with Crippen LogP contribution in [0.3, 0.4) is 0 Å². The van der Waals surface area contributed by atoms with Crippen LogP contribution in [0.25, 0.3) is 10.2 Å². The summed E-state index contributed by atoms with van der Waals surface area (Å²) < 4.78 is 3.26. The summed E-state index contributed by atoms with van der Waals surface area (Å²) in [4.78, 5) is 4.47. The van der Waals surface area contributed by atoms with Crippen molar-refractivity contribution in [1.29, 1.82) is 0 Å². The summed E-state index contributed by atoms with van der Waals surface area (Å²) in [5.74, 6) is 0. The highest BCUT2D eigenvalue weighted by Crippen LogP contribution is 2.26. The Kier molecular flexibility index (Phi) is 4.37. The average Bonchev–Trinajstić information content (AvgIpc) is 2.87. The second-order valence-electron chi connectivity index (χ2n) is 4.47. The zero-order valence-corrected chi connectivity index (χ0v) is 15.1. The second kappa shape index (κ2) is 6.25. The first-order valence-electron chi connectivity index (χ1n) is 6.24. The van der Waals surface area contributed by atoms with E-state index in [0.717, 1.165) is 29.9 Å². The minimum Gasteiger partial charge on any atom is -0.253 e. The first-order chi connectivity index (χ1) is 10.1. The van der Waals surface area contributed by atoms with Crippen LogP contribution in [-0.2, 0) is 0 Å². The second-order valence-corrected chi connectivity index (χ2v) is 7.21. The number of nitrogens with one attached hydrogen (secondary N) is 1. The fourth-order valence-corrected chi connectivity index (χ4v) is 3.86. The molecule has 1 N–H and O–H groups in total. The highest BCUT2D eigenvalue weighted by atomic mass is 79.9. The zero-order chi connectivity index (χ0) is 14.8. The van der Waals surface area contributed by atoms with Gasteiger partial charge in [0.15, 0.2) is 0 Å². The number of hydrogen-bond acceptors (Lipinski definition) is 4. The molecule has 0 spiro atoms. The van der Waals surface area contributed by atoms with Gasteiger partial charge in [0, 0.05) is 8.95 Å². The van der Waals surface area contributed by atoms with Crippen molar-refractivity contribution in [3.63, 3.8) is 0 Å². The largest absolute Gasteiger partial charge is 0.253 e. The van der Waals surface area contributed by atoms with E-state index in [-0.39, 0.29) is 0 Å². The molecule has 0 radical (unpaired) electrons. The molecule has 3 aromatic rings. The van der Waals surface area contributed by atoms with Gasteiger partial charge in [0.2, 0.25) is 5.13 Å². The van der Waals surface area contributed by atoms with Crippen LogP contribution < -0.4 is 5.43 Å². The van der Waals surface area contributed by atoms with Crippen LogP contribution in [-0.4, -0.2) is 11.2 Å². The van der Waals surface area contributed by atoms with Gasteiger partial charge in [-0.05, 0) is 42.3 Å². The molecule has 1 heterocycles. The Labute approximate surface area is 143 Å². The molecule has 106 valence electrons. The number of para-hydroxylation sites is 1. The SMILES string of the molecule is Cc1c(Br)cc(/C=N/Nc2nc3ccccc3s2)cc1Br. The van der Waals surface area contributed by atoms with E-state index in [0.29, 0.717) is 0 Å². The maximum atomic E-state index is 4.47. The number of halogens is 2. The summed E-state index contributed by atoms with van der Waals surface area (Å²) in [7, 11) is 0. The van der Waals surface area contributed by atoms with Gasteiger partial charge in [-0.2, -0.15) is 5.10 Å². The summed E-state index contributed by atoms with van der Waals surface area (Å²) in [6.45, 7) is 2.05. The van der Waals surface area contributed by atoms with Crippen molar-refractivity contribution in [1.82, 2.24) is 4.98 Å². The van der Waals surface area contributed by atoms with Crippen LogP contribution in [0.5, 0.6) is 0 Å². The first-order valence-corrected chi connectivity index (χ1v) is 8.64. The number of rotatable bonds is 3. The van der Waals surface area contributed by atoms with Gasteiger partial charge in [0.05, 0.1) is 16.4 Å². The Morgan fingerprint density at radius 3 is 2.62 bits per heavy atom. The topological polar surface area (TPSA) is 37.3 Å². The Balaban J connectivity index is 1.77. The Hall–Kier alpha value is -1.24. The lowest BCUT2D eigenvalue weighted by atomic mass is 10.2. The molecule has 2 aromatic carbocycles. The fraction of sp³-hybridized carbons (Fsp3) is 0.0667. The number of benzene rings is 2. The number of anilines is 1. The molecule has 0 bridgehead atoms. The van der Waals surface area contributed by atoms with E-state index in [1.165, 1.54) is 5.56 Å². The number of thiazole rings is 1. The number of hydrazone groups is 1. The van der Waals surface area contributed by atoms with E-state index in [1.54, 1.807) is 17.6 Å². The van der Waals surface area contributed by atoms with Crippen molar-refractivity contribution < 1.29 is 0 Å². The summed E-state index contributed by atoms with van der Waals surface area (Å²) in [6.07, 6.45) is 1.78. The summed E-state index contributed by atoms with van der Waals surface area (Å²) >= 11 is 8.66. The molecule has 6 heteroatoms. The molecule has 21 heavy (non-hydrogen) atoms. The van der Waals surface area contributed by atoms with Gasteiger partial charge in [-0.25, -0.2) is 4.98 Å². The van der Waals surface area contributed by atoms with Crippen LogP contribution >= 0.6 is 43.2 Å². The van der Waals surface area contributed by atoms with Gasteiger partial charge in [0.1, 0.15) is 0 Å². The predicted molar refractivity (Wildman–Crippen MR) is 97.4 cm³/mol. The minimum absolute atomic E-state index is 0.790. The maximum absolute atomic E-state index is 4.47. The van der Waals surface area contributed by atoms with E-state index < -0.39 is 0 Å². The van der Waals surface area contributed by atoms with E-state index in [2.05, 4.69) is 60.4 Å². The quantitative estimate of drug-likeness (QED) is 0.440. The third kappa shape index (κ3) is 3.33. The van der Waals surface area contributed by atoms with Crippen LogP contribution in [0.4, 0.5) is 5.13 Å². The first kappa shape index (κ1) is 14.7. The van der Waals surface area contributed by atoms with Crippen molar-refractivity contribution in [2.24, 2.45) is 5.10 Å². The van der Waals surface area contributed by atoms with Crippen molar-refractivity contribution in [3.8, 4) is 0 Å². The molecule has 0 aliphatic rings. The van der Waals surface area contributed by atoms with E-state index >= 15 is 0 Å². The molecule has 0 saturated heterocycles. The zero-order valence-electron chi connectivity index (χ0n) is 11.1. The minimum atomic E-state index is 0.790. The van der Waals surface area contributed by atoms with Crippen LogP contribution in [0.2, 0.25) is 0 Å². The van der Waals surface area contributed by atoms with Crippen molar-refractivity contribution in [3.05, 3.63) is 56.5 Å². The van der Waals surface area contributed by atoms with Crippen molar-refractivity contribution >= 4 is 64.8 Å². The average molecular weight is 425 g/mol. The van der Waals surface area contributed by atoms with Gasteiger partial charge >= 0.3 is 0 Å². The smallest absolute Gasteiger partial charge is 0.204 e. The number of hydrogen-bond donors (Lipinski definition) is 1. The standard InChI is InChI=1S/C15H11Br2N3S/c1-9-11(16)6-10(7-12(9)17)8-18-20-15-19-13-4-2-3-5-14(13)21-15/h2-8H,1H3,(H,19,20)/b18-8+. The monoisotopic (exact) mass is 423 g/mol. The third-order valence-corrected chi connectivity index (χ3v) is 5.56. The molecule has 1 aromatic heterocycles. The molecule has 0 saturated carbocycles. The molecular weight excluding hydrogens is 414 g/mol. The molecule has 0 amide bonds. The fourth-order valence-electron chi connectivity index (χ4n) is 1.82. The number of nitrogens with zero attached hydrogens (tertiary/aromatic N) is 2. The van der Waals surface area contributed by atoms with Crippen molar-refractivity contribution in [2.75, 3.05) is 5.43 Å². The van der Waals surface area contributed by atoms with Gasteiger partial charge in [-0.15, -0.1) is 0 Å². The molecule has 0 aliphatic heterocycles. The van der Waals surface area contributed by atoms with E-state index in [9.17, 15) is 0 Å². The lowest BCUT2D eigenvalue weighted by Gasteiger charge is -2.03. The Morgan fingerprint density at radius 2 is 1.90 bits per heavy atom. The maximum Gasteiger partial charge on any atom is 0.204 e. The van der Waals surface area contributed by atoms with Crippen LogP contribution in [0.1, 0.15) is 11.1 Å². The molecule has 0 aliphatic carbocycles. The Bertz CT molecular complexity index is 771. The molecule has 0 atom stereocenters. The highest BCUT2D eigenvalue weighted by Gasteiger charge is 2.03. The molecular formula is C15H11Br2N3S. The van der Waals surface area contributed by atoms with Crippen molar-refractivity contribution in [2.45, 2.75) is 6.92 Å². The van der Waals surface area contributed by atoms with Gasteiger partial charge in [-0.1, -0.05) is 55.3 Å². The predicted octanol–water partition coefficient (Wildman–Crippen LogP) is 5.58. The van der Waals surface area contributed by atoms with Crippen LogP contribution in [0, 0.1) is 6.92 Å². The molecule has 0 fully saturated rings. The summed E-state index contributed by atoms with van der Waals surface area (Å²) in [5.41, 5.74) is 6.15. The number of aromatic nitrogens is 1. The van der Waals surface area contributed by atoms with Gasteiger partial charge in [0.25, 0.3) is 0 Å². The van der Waals surface area contributed by atoms with E-state index in [1.807, 2.05) is 30.3 Å². The lowest BCUT2D eigenvalue weighted by molar-refractivity contribution is 1.31. The Morgan fingerprint density at radius 1 is 1.19 bits per heavy atom. The third-order valence-electron chi connectivity index (χ3n) is 2.97.